The van der Waals surface area contributed by atoms with Gasteiger partial charge >= 0.3 is 0 Å². The SMILES string of the molecule is CCN(CC)C(=O)c1cccc(NC(=O)CNc2c(C)cc(C)cc2C)c1. The monoisotopic (exact) mass is 367 g/mol. The summed E-state index contributed by atoms with van der Waals surface area (Å²) in [5.74, 6) is -0.179. The lowest BCUT2D eigenvalue weighted by molar-refractivity contribution is -0.114. The molecule has 2 aromatic rings. The van der Waals surface area contributed by atoms with E-state index < -0.39 is 0 Å². The van der Waals surface area contributed by atoms with Crippen molar-refractivity contribution in [3.8, 4) is 0 Å². The molecule has 2 rings (SSSR count). The van der Waals surface area contributed by atoms with Gasteiger partial charge < -0.3 is 15.5 Å². The smallest absolute Gasteiger partial charge is 0.253 e. The number of hydrogen-bond acceptors (Lipinski definition) is 3. The molecule has 2 amide bonds. The first-order valence-corrected chi connectivity index (χ1v) is 9.36. The van der Waals surface area contributed by atoms with Crippen molar-refractivity contribution in [3.05, 3.63) is 58.7 Å². The Kier molecular flexibility index (Phi) is 6.99. The molecular weight excluding hydrogens is 338 g/mol. The first kappa shape index (κ1) is 20.5. The number of benzene rings is 2. The van der Waals surface area contributed by atoms with Gasteiger partial charge in [0.25, 0.3) is 5.91 Å². The zero-order valence-corrected chi connectivity index (χ0v) is 16.8. The maximum Gasteiger partial charge on any atom is 0.253 e. The van der Waals surface area contributed by atoms with E-state index >= 15 is 0 Å². The third-order valence-electron chi connectivity index (χ3n) is 4.55. The van der Waals surface area contributed by atoms with Crippen molar-refractivity contribution in [2.24, 2.45) is 0 Å². The van der Waals surface area contributed by atoms with E-state index in [1.165, 1.54) is 5.56 Å². The molecule has 0 radical (unpaired) electrons. The molecule has 0 aliphatic rings. The van der Waals surface area contributed by atoms with Gasteiger partial charge in [-0.15, -0.1) is 0 Å². The molecule has 2 aromatic carbocycles. The fraction of sp³-hybridized carbons (Fsp3) is 0.364. The molecule has 0 saturated heterocycles. The van der Waals surface area contributed by atoms with Gasteiger partial charge in [-0.25, -0.2) is 0 Å². The largest absolute Gasteiger partial charge is 0.376 e. The molecule has 0 atom stereocenters. The number of carbonyl (C=O) groups excluding carboxylic acids is 2. The highest BCUT2D eigenvalue weighted by atomic mass is 16.2. The molecule has 144 valence electrons. The van der Waals surface area contributed by atoms with Gasteiger partial charge in [-0.05, 0) is 63.9 Å². The van der Waals surface area contributed by atoms with E-state index in [9.17, 15) is 9.59 Å². The minimum atomic E-state index is -0.151. The normalized spacial score (nSPS) is 10.4. The van der Waals surface area contributed by atoms with Crippen molar-refractivity contribution < 1.29 is 9.59 Å². The van der Waals surface area contributed by atoms with E-state index in [0.717, 1.165) is 16.8 Å². The number of nitrogens with zero attached hydrogens (tertiary/aromatic N) is 1. The molecule has 0 aliphatic heterocycles. The van der Waals surface area contributed by atoms with Crippen molar-refractivity contribution in [1.82, 2.24) is 4.90 Å². The highest BCUT2D eigenvalue weighted by molar-refractivity contribution is 5.98. The lowest BCUT2D eigenvalue weighted by Gasteiger charge is -2.19. The Morgan fingerprint density at radius 3 is 2.19 bits per heavy atom. The highest BCUT2D eigenvalue weighted by Gasteiger charge is 2.13. The third kappa shape index (κ3) is 5.33. The molecule has 0 spiro atoms. The lowest BCUT2D eigenvalue weighted by atomic mass is 10.1. The number of carbonyl (C=O) groups is 2. The summed E-state index contributed by atoms with van der Waals surface area (Å²) in [4.78, 5) is 26.5. The van der Waals surface area contributed by atoms with Crippen molar-refractivity contribution in [2.75, 3.05) is 30.3 Å². The van der Waals surface area contributed by atoms with Crippen molar-refractivity contribution in [1.29, 1.82) is 0 Å². The summed E-state index contributed by atoms with van der Waals surface area (Å²) >= 11 is 0. The lowest BCUT2D eigenvalue weighted by Crippen LogP contribution is -2.30. The van der Waals surface area contributed by atoms with Crippen LogP contribution in [-0.2, 0) is 4.79 Å². The van der Waals surface area contributed by atoms with Crippen LogP contribution in [0.25, 0.3) is 0 Å². The summed E-state index contributed by atoms with van der Waals surface area (Å²) in [6, 6.07) is 11.3. The first-order chi connectivity index (χ1) is 12.8. The summed E-state index contributed by atoms with van der Waals surface area (Å²) in [6.07, 6.45) is 0. The fourth-order valence-corrected chi connectivity index (χ4v) is 3.26. The molecule has 2 N–H and O–H groups in total. The number of nitrogens with one attached hydrogen (secondary N) is 2. The molecule has 5 heteroatoms. The molecule has 0 fully saturated rings. The topological polar surface area (TPSA) is 61.4 Å². The summed E-state index contributed by atoms with van der Waals surface area (Å²) in [5.41, 5.74) is 5.63. The number of hydrogen-bond donors (Lipinski definition) is 2. The van der Waals surface area contributed by atoms with Crippen LogP contribution in [0.3, 0.4) is 0 Å². The molecule has 0 unspecified atom stereocenters. The van der Waals surface area contributed by atoms with E-state index in [4.69, 9.17) is 0 Å². The molecule has 0 bridgehead atoms. The van der Waals surface area contributed by atoms with Gasteiger partial charge in [-0.3, -0.25) is 9.59 Å². The van der Waals surface area contributed by atoms with Crippen LogP contribution in [0.1, 0.15) is 40.9 Å². The predicted octanol–water partition coefficient (Wildman–Crippen LogP) is 4.14. The molecular formula is C22H29N3O2. The Morgan fingerprint density at radius 1 is 0.963 bits per heavy atom. The number of rotatable bonds is 7. The van der Waals surface area contributed by atoms with Gasteiger partial charge in [-0.1, -0.05) is 23.8 Å². The predicted molar refractivity (Wildman–Crippen MR) is 111 cm³/mol. The van der Waals surface area contributed by atoms with E-state index in [0.29, 0.717) is 24.3 Å². The standard InChI is InChI=1S/C22H29N3O2/c1-6-25(7-2)22(27)18-9-8-10-19(13-18)24-20(26)14-23-21-16(4)11-15(3)12-17(21)5/h8-13,23H,6-7,14H2,1-5H3,(H,24,26). The average Bonchev–Trinajstić information content (AvgIpc) is 2.62. The van der Waals surface area contributed by atoms with Gasteiger partial charge in [0, 0.05) is 30.0 Å². The van der Waals surface area contributed by atoms with Crippen LogP contribution in [0.15, 0.2) is 36.4 Å². The van der Waals surface area contributed by atoms with E-state index in [1.54, 1.807) is 29.2 Å². The minimum absolute atomic E-state index is 0.0277. The second kappa shape index (κ2) is 9.21. The molecule has 0 aliphatic carbocycles. The maximum atomic E-state index is 12.5. The number of amides is 2. The van der Waals surface area contributed by atoms with Gasteiger partial charge in [0.05, 0.1) is 6.54 Å². The van der Waals surface area contributed by atoms with Gasteiger partial charge in [-0.2, -0.15) is 0 Å². The van der Waals surface area contributed by atoms with Gasteiger partial charge in [0.2, 0.25) is 5.91 Å². The van der Waals surface area contributed by atoms with Crippen LogP contribution in [0, 0.1) is 20.8 Å². The number of aryl methyl sites for hydroxylation is 3. The average molecular weight is 367 g/mol. The van der Waals surface area contributed by atoms with Crippen molar-refractivity contribution in [2.45, 2.75) is 34.6 Å². The van der Waals surface area contributed by atoms with Crippen LogP contribution in [-0.4, -0.2) is 36.3 Å². The Labute approximate surface area is 161 Å². The van der Waals surface area contributed by atoms with Crippen LogP contribution >= 0.6 is 0 Å². The Balaban J connectivity index is 2.02. The molecule has 0 aromatic heterocycles. The first-order valence-electron chi connectivity index (χ1n) is 9.36. The summed E-state index contributed by atoms with van der Waals surface area (Å²) in [5, 5.41) is 6.08. The van der Waals surface area contributed by atoms with Crippen LogP contribution < -0.4 is 10.6 Å². The second-order valence-electron chi connectivity index (χ2n) is 6.73. The Morgan fingerprint density at radius 2 is 1.59 bits per heavy atom. The third-order valence-corrected chi connectivity index (χ3v) is 4.55. The molecule has 0 saturated carbocycles. The van der Waals surface area contributed by atoms with Crippen LogP contribution in [0.4, 0.5) is 11.4 Å². The van der Waals surface area contributed by atoms with Crippen molar-refractivity contribution >= 4 is 23.2 Å². The zero-order chi connectivity index (χ0) is 20.0. The van der Waals surface area contributed by atoms with Gasteiger partial charge in [0.15, 0.2) is 0 Å². The van der Waals surface area contributed by atoms with Gasteiger partial charge in [0.1, 0.15) is 0 Å². The quantitative estimate of drug-likeness (QED) is 0.773. The Bertz CT molecular complexity index is 803. The second-order valence-corrected chi connectivity index (χ2v) is 6.73. The van der Waals surface area contributed by atoms with Crippen LogP contribution in [0.5, 0.6) is 0 Å². The Hall–Kier alpha value is -2.82. The molecule has 0 heterocycles. The number of anilines is 2. The maximum absolute atomic E-state index is 12.5. The van der Waals surface area contributed by atoms with Crippen LogP contribution in [0.2, 0.25) is 0 Å². The summed E-state index contributed by atoms with van der Waals surface area (Å²) in [7, 11) is 0. The molecule has 27 heavy (non-hydrogen) atoms. The van der Waals surface area contributed by atoms with E-state index in [2.05, 4.69) is 29.7 Å². The van der Waals surface area contributed by atoms with E-state index in [-0.39, 0.29) is 18.4 Å². The molecule has 5 nitrogen and oxygen atoms in total. The minimum Gasteiger partial charge on any atom is -0.376 e. The highest BCUT2D eigenvalue weighted by Crippen LogP contribution is 2.21. The fourth-order valence-electron chi connectivity index (χ4n) is 3.26. The summed E-state index contributed by atoms with van der Waals surface area (Å²) in [6.45, 7) is 11.5. The van der Waals surface area contributed by atoms with Crippen molar-refractivity contribution in [3.63, 3.8) is 0 Å². The summed E-state index contributed by atoms with van der Waals surface area (Å²) < 4.78 is 0. The zero-order valence-electron chi connectivity index (χ0n) is 16.8. The van der Waals surface area contributed by atoms with E-state index in [1.807, 2.05) is 27.7 Å².